The molecule has 0 amide bonds. The minimum Gasteiger partial charge on any atom is -0.359 e. The van der Waals surface area contributed by atoms with Crippen molar-refractivity contribution >= 4 is 16.9 Å². The number of likely N-dealkylation sites (N-methyl/N-ethyl adjacent to an activating group) is 1. The number of nitrogens with one attached hydrogen (secondary N) is 1. The lowest BCUT2D eigenvalue weighted by Crippen LogP contribution is -2.41. The van der Waals surface area contributed by atoms with Gasteiger partial charge in [-0.1, -0.05) is 24.6 Å². The normalized spacial score (nSPS) is 30.3. The van der Waals surface area contributed by atoms with Crippen LogP contribution in [0.25, 0.3) is 0 Å². The predicted octanol–water partition coefficient (Wildman–Crippen LogP) is 2.47. The summed E-state index contributed by atoms with van der Waals surface area (Å²) in [4.78, 5) is 7.30. The number of nitrogens with zero attached hydrogens (tertiary/aromatic N) is 2. The summed E-state index contributed by atoms with van der Waals surface area (Å²) in [7, 11) is 2.25. The van der Waals surface area contributed by atoms with E-state index >= 15 is 0 Å². The fourth-order valence-corrected chi connectivity index (χ4v) is 4.33. The van der Waals surface area contributed by atoms with Crippen molar-refractivity contribution < 1.29 is 0 Å². The molecule has 102 valence electrons. The summed E-state index contributed by atoms with van der Waals surface area (Å²) in [6.07, 6.45) is 8.23. The van der Waals surface area contributed by atoms with Gasteiger partial charge in [0.2, 0.25) is 0 Å². The molecule has 0 aromatic carbocycles. The molecule has 2 saturated carbocycles. The molecule has 18 heavy (non-hydrogen) atoms. The zero-order valence-corrected chi connectivity index (χ0v) is 12.4. The Hall–Kier alpha value is -0.220. The Morgan fingerprint density at radius 2 is 2.17 bits per heavy atom. The van der Waals surface area contributed by atoms with Crippen LogP contribution >= 0.6 is 11.8 Å². The van der Waals surface area contributed by atoms with Gasteiger partial charge >= 0.3 is 0 Å². The smallest absolute Gasteiger partial charge is 0.157 e. The maximum Gasteiger partial charge on any atom is 0.157 e. The lowest BCUT2D eigenvalue weighted by atomic mass is 10.0. The molecule has 3 rings (SSSR count). The first-order valence-corrected chi connectivity index (χ1v) is 8.34. The molecule has 0 aromatic heterocycles. The third kappa shape index (κ3) is 2.69. The van der Waals surface area contributed by atoms with Gasteiger partial charge in [0.1, 0.15) is 0 Å². The molecule has 1 spiro atoms. The van der Waals surface area contributed by atoms with Crippen LogP contribution in [-0.2, 0) is 0 Å². The Labute approximate surface area is 115 Å². The molecular formula is C14H25N3S. The monoisotopic (exact) mass is 267 g/mol. The summed E-state index contributed by atoms with van der Waals surface area (Å²) >= 11 is 1.94. The van der Waals surface area contributed by atoms with E-state index in [0.717, 1.165) is 12.6 Å². The fourth-order valence-electron chi connectivity index (χ4n) is 3.10. The number of hydrogen-bond acceptors (Lipinski definition) is 3. The molecule has 0 bridgehead atoms. The summed E-state index contributed by atoms with van der Waals surface area (Å²) in [6.45, 7) is 3.24. The molecule has 1 N–H and O–H groups in total. The number of hydrogen-bond donors (Lipinski definition) is 1. The first-order chi connectivity index (χ1) is 8.69. The van der Waals surface area contributed by atoms with Gasteiger partial charge in [-0.3, -0.25) is 9.89 Å². The van der Waals surface area contributed by atoms with Crippen molar-refractivity contribution in [2.45, 2.75) is 63.1 Å². The topological polar surface area (TPSA) is 27.6 Å². The van der Waals surface area contributed by atoms with Crippen molar-refractivity contribution in [1.29, 1.82) is 0 Å². The summed E-state index contributed by atoms with van der Waals surface area (Å²) in [5.74, 6) is 1.23. The van der Waals surface area contributed by atoms with Gasteiger partial charge in [-0.05, 0) is 39.7 Å². The molecular weight excluding hydrogens is 242 g/mol. The molecule has 2 aliphatic carbocycles. The third-order valence-corrected chi connectivity index (χ3v) is 5.94. The average Bonchev–Trinajstić information content (AvgIpc) is 3.01. The number of rotatable bonds is 4. The largest absolute Gasteiger partial charge is 0.359 e. The molecule has 3 nitrogen and oxygen atoms in total. The van der Waals surface area contributed by atoms with Crippen molar-refractivity contribution in [2.24, 2.45) is 4.99 Å². The minimum absolute atomic E-state index is 0.412. The quantitative estimate of drug-likeness (QED) is 0.848. The highest BCUT2D eigenvalue weighted by Crippen LogP contribution is 2.37. The van der Waals surface area contributed by atoms with Crippen LogP contribution in [0.3, 0.4) is 0 Å². The van der Waals surface area contributed by atoms with Crippen molar-refractivity contribution in [1.82, 2.24) is 10.2 Å². The van der Waals surface area contributed by atoms with E-state index in [4.69, 9.17) is 4.99 Å². The molecule has 1 unspecified atom stereocenters. The van der Waals surface area contributed by atoms with Gasteiger partial charge in [0.05, 0.1) is 6.54 Å². The maximum absolute atomic E-state index is 4.80. The molecule has 3 fully saturated rings. The summed E-state index contributed by atoms with van der Waals surface area (Å²) in [5.41, 5.74) is 0.412. The van der Waals surface area contributed by atoms with Gasteiger partial charge in [0.25, 0.3) is 0 Å². The SMILES string of the molecule is CC(CN=C1NC2(CCCC2)CS1)N(C)C1CC1. The minimum atomic E-state index is 0.412. The number of amidine groups is 1. The Kier molecular flexibility index (Phi) is 3.59. The Bertz CT molecular complexity index is 332. The molecule has 0 radical (unpaired) electrons. The summed E-state index contributed by atoms with van der Waals surface area (Å²) < 4.78 is 0. The number of thioether (sulfide) groups is 1. The Morgan fingerprint density at radius 3 is 2.83 bits per heavy atom. The van der Waals surface area contributed by atoms with E-state index < -0.39 is 0 Å². The van der Waals surface area contributed by atoms with Crippen LogP contribution in [0.4, 0.5) is 0 Å². The van der Waals surface area contributed by atoms with E-state index in [9.17, 15) is 0 Å². The van der Waals surface area contributed by atoms with E-state index in [1.54, 1.807) is 0 Å². The molecule has 1 saturated heterocycles. The fraction of sp³-hybridized carbons (Fsp3) is 0.929. The van der Waals surface area contributed by atoms with E-state index in [1.807, 2.05) is 11.8 Å². The molecule has 4 heteroatoms. The van der Waals surface area contributed by atoms with Crippen molar-refractivity contribution in [3.05, 3.63) is 0 Å². The van der Waals surface area contributed by atoms with E-state index in [1.165, 1.54) is 49.4 Å². The Morgan fingerprint density at radius 1 is 1.44 bits per heavy atom. The molecule has 1 aliphatic heterocycles. The first-order valence-electron chi connectivity index (χ1n) is 7.36. The van der Waals surface area contributed by atoms with Crippen LogP contribution in [-0.4, -0.2) is 47.0 Å². The van der Waals surface area contributed by atoms with Crippen LogP contribution in [0.2, 0.25) is 0 Å². The lowest BCUT2D eigenvalue weighted by Gasteiger charge is -2.24. The zero-order chi connectivity index (χ0) is 12.6. The van der Waals surface area contributed by atoms with Crippen LogP contribution in [0.15, 0.2) is 4.99 Å². The number of aliphatic imine (C=N–C) groups is 1. The van der Waals surface area contributed by atoms with Gasteiger partial charge in [0, 0.05) is 23.4 Å². The highest BCUT2D eigenvalue weighted by molar-refractivity contribution is 8.14. The third-order valence-electron chi connectivity index (χ3n) is 4.74. The second-order valence-corrected chi connectivity index (χ2v) is 7.26. The average molecular weight is 267 g/mol. The highest BCUT2D eigenvalue weighted by Gasteiger charge is 2.39. The van der Waals surface area contributed by atoms with E-state index in [0.29, 0.717) is 11.6 Å². The van der Waals surface area contributed by atoms with Crippen LogP contribution < -0.4 is 5.32 Å². The van der Waals surface area contributed by atoms with Gasteiger partial charge in [-0.2, -0.15) is 0 Å². The van der Waals surface area contributed by atoms with Crippen molar-refractivity contribution in [3.8, 4) is 0 Å². The summed E-state index contributed by atoms with van der Waals surface area (Å²) in [6, 6.07) is 1.41. The van der Waals surface area contributed by atoms with Gasteiger partial charge in [-0.25, -0.2) is 0 Å². The van der Waals surface area contributed by atoms with E-state index in [-0.39, 0.29) is 0 Å². The van der Waals surface area contributed by atoms with Crippen molar-refractivity contribution in [3.63, 3.8) is 0 Å². The molecule has 0 aromatic rings. The van der Waals surface area contributed by atoms with Gasteiger partial charge in [-0.15, -0.1) is 0 Å². The first kappa shape index (κ1) is 12.8. The Balaban J connectivity index is 1.51. The van der Waals surface area contributed by atoms with E-state index in [2.05, 4.69) is 24.2 Å². The molecule has 1 heterocycles. The van der Waals surface area contributed by atoms with Crippen LogP contribution in [0, 0.1) is 0 Å². The predicted molar refractivity (Wildman–Crippen MR) is 79.3 cm³/mol. The van der Waals surface area contributed by atoms with Gasteiger partial charge in [0.15, 0.2) is 5.17 Å². The second kappa shape index (κ2) is 5.04. The van der Waals surface area contributed by atoms with Crippen LogP contribution in [0.5, 0.6) is 0 Å². The van der Waals surface area contributed by atoms with Crippen LogP contribution in [0.1, 0.15) is 45.4 Å². The summed E-state index contributed by atoms with van der Waals surface area (Å²) in [5, 5.41) is 4.90. The zero-order valence-electron chi connectivity index (χ0n) is 11.6. The molecule has 1 atom stereocenters. The van der Waals surface area contributed by atoms with Gasteiger partial charge < -0.3 is 5.32 Å². The molecule has 3 aliphatic rings. The van der Waals surface area contributed by atoms with Crippen molar-refractivity contribution in [2.75, 3.05) is 19.3 Å². The second-order valence-electron chi connectivity index (χ2n) is 6.29. The highest BCUT2D eigenvalue weighted by atomic mass is 32.2. The standard InChI is InChI=1S/C14H25N3S/c1-11(17(2)12-5-6-12)9-15-13-16-14(10-18-13)7-3-4-8-14/h11-12H,3-10H2,1-2H3,(H,15,16). The maximum atomic E-state index is 4.80. The lowest BCUT2D eigenvalue weighted by molar-refractivity contribution is 0.253.